The van der Waals surface area contributed by atoms with Crippen LogP contribution in [-0.2, 0) is 11.2 Å². The van der Waals surface area contributed by atoms with Gasteiger partial charge in [-0.3, -0.25) is 14.4 Å². The zero-order valence-corrected chi connectivity index (χ0v) is 10.6. The number of nitrogens with zero attached hydrogens (tertiary/aromatic N) is 2. The second-order valence-corrected chi connectivity index (χ2v) is 4.13. The van der Waals surface area contributed by atoms with E-state index in [0.717, 1.165) is 18.5 Å². The second-order valence-electron chi connectivity index (χ2n) is 4.13. The molecule has 4 N–H and O–H groups in total. The molecule has 0 spiro atoms. The maximum absolute atomic E-state index is 11.0. The van der Waals surface area contributed by atoms with Crippen molar-refractivity contribution < 1.29 is 15.1 Å². The summed E-state index contributed by atoms with van der Waals surface area (Å²) in [6.07, 6.45) is 3.47. The van der Waals surface area contributed by atoms with Gasteiger partial charge in [-0.1, -0.05) is 13.3 Å². The third kappa shape index (κ3) is 2.60. The number of aromatic nitrogens is 2. The topological polar surface area (TPSA) is 98.9 Å². The number of hydrogen-bond acceptors (Lipinski definition) is 5. The number of rotatable bonds is 5. The number of nitrogens with one attached hydrogen (secondary N) is 2. The second kappa shape index (κ2) is 5.57. The Bertz CT molecular complexity index is 594. The van der Waals surface area contributed by atoms with Crippen molar-refractivity contribution in [2.45, 2.75) is 19.8 Å². The first-order valence-electron chi connectivity index (χ1n) is 6.03. The van der Waals surface area contributed by atoms with Gasteiger partial charge < -0.3 is 10.4 Å². The van der Waals surface area contributed by atoms with Crippen LogP contribution >= 0.6 is 0 Å². The summed E-state index contributed by atoms with van der Waals surface area (Å²) in [5.74, 6) is 0.0650. The number of carbonyl (C=O) groups is 1. The van der Waals surface area contributed by atoms with Crippen LogP contribution in [0.1, 0.15) is 19.0 Å². The molecule has 1 amide bonds. The third-order valence-corrected chi connectivity index (χ3v) is 2.76. The molecule has 0 saturated heterocycles. The van der Waals surface area contributed by atoms with Crippen molar-refractivity contribution in [1.82, 2.24) is 14.9 Å². The van der Waals surface area contributed by atoms with Gasteiger partial charge in [0.2, 0.25) is 0 Å². The smallest absolute Gasteiger partial charge is 0.262 e. The van der Waals surface area contributed by atoms with Gasteiger partial charge in [-0.25, -0.2) is 10.5 Å². The summed E-state index contributed by atoms with van der Waals surface area (Å²) in [4.78, 5) is 15.3. The highest BCUT2D eigenvalue weighted by atomic mass is 16.5. The van der Waals surface area contributed by atoms with E-state index >= 15 is 0 Å². The van der Waals surface area contributed by atoms with Gasteiger partial charge in [0, 0.05) is 6.20 Å². The molecule has 2 heterocycles. The van der Waals surface area contributed by atoms with Crippen LogP contribution in [0.4, 0.5) is 5.82 Å². The lowest BCUT2D eigenvalue weighted by atomic mass is 10.2. The van der Waals surface area contributed by atoms with Crippen LogP contribution in [0.2, 0.25) is 0 Å². The summed E-state index contributed by atoms with van der Waals surface area (Å²) in [7, 11) is 0. The fourth-order valence-corrected chi connectivity index (χ4v) is 1.92. The lowest BCUT2D eigenvalue weighted by Crippen LogP contribution is -2.27. The van der Waals surface area contributed by atoms with E-state index in [-0.39, 0.29) is 12.3 Å². The van der Waals surface area contributed by atoms with Gasteiger partial charge in [0.05, 0.1) is 12.2 Å². The zero-order valence-electron chi connectivity index (χ0n) is 10.6. The van der Waals surface area contributed by atoms with Crippen molar-refractivity contribution in [1.29, 1.82) is 0 Å². The molecule has 0 aromatic carbocycles. The predicted octanol–water partition coefficient (Wildman–Crippen LogP) is 0.910. The standard InChI is InChI=1S/C12H16N4O3/c1-2-4-8-11(13-7-10(18)15-19)14-12-9(17)5-3-6-16(8)12/h3,5-6,13,17,19H,2,4,7H2,1H3,(H,15,18). The molecule has 0 saturated carbocycles. The Hall–Kier alpha value is -2.28. The van der Waals surface area contributed by atoms with E-state index in [1.807, 2.05) is 13.1 Å². The molecule has 2 aromatic rings. The van der Waals surface area contributed by atoms with Gasteiger partial charge in [-0.15, -0.1) is 0 Å². The van der Waals surface area contributed by atoms with Crippen LogP contribution in [0.15, 0.2) is 18.3 Å². The number of pyridine rings is 1. The number of anilines is 1. The van der Waals surface area contributed by atoms with Crippen molar-refractivity contribution in [3.8, 4) is 5.75 Å². The number of amides is 1. The summed E-state index contributed by atoms with van der Waals surface area (Å²) in [5.41, 5.74) is 2.88. The first-order valence-corrected chi connectivity index (χ1v) is 6.03. The first-order chi connectivity index (χ1) is 9.17. The largest absolute Gasteiger partial charge is 0.504 e. The third-order valence-electron chi connectivity index (χ3n) is 2.76. The fourth-order valence-electron chi connectivity index (χ4n) is 1.92. The molecule has 0 radical (unpaired) electrons. The Balaban J connectivity index is 2.38. The summed E-state index contributed by atoms with van der Waals surface area (Å²) >= 11 is 0. The van der Waals surface area contributed by atoms with Gasteiger partial charge in [0.25, 0.3) is 5.91 Å². The molecule has 2 aromatic heterocycles. The Labute approximate surface area is 109 Å². The molecule has 0 aliphatic carbocycles. The van der Waals surface area contributed by atoms with Crippen LogP contribution in [0.3, 0.4) is 0 Å². The minimum Gasteiger partial charge on any atom is -0.504 e. The number of fused-ring (bicyclic) bond motifs is 1. The van der Waals surface area contributed by atoms with Gasteiger partial charge in [-0.05, 0) is 18.6 Å². The van der Waals surface area contributed by atoms with E-state index < -0.39 is 5.91 Å². The predicted molar refractivity (Wildman–Crippen MR) is 69.3 cm³/mol. The highest BCUT2D eigenvalue weighted by Gasteiger charge is 2.14. The monoisotopic (exact) mass is 264 g/mol. The molecule has 0 atom stereocenters. The quantitative estimate of drug-likeness (QED) is 0.475. The van der Waals surface area contributed by atoms with Crippen LogP contribution in [0.25, 0.3) is 5.65 Å². The summed E-state index contributed by atoms with van der Waals surface area (Å²) < 4.78 is 1.79. The van der Waals surface area contributed by atoms with Crippen molar-refractivity contribution in [2.75, 3.05) is 11.9 Å². The Morgan fingerprint density at radius 1 is 1.53 bits per heavy atom. The van der Waals surface area contributed by atoms with E-state index in [9.17, 15) is 9.90 Å². The average Bonchev–Trinajstić information content (AvgIpc) is 2.76. The lowest BCUT2D eigenvalue weighted by Gasteiger charge is -2.05. The molecule has 2 rings (SSSR count). The molecule has 0 aliphatic heterocycles. The molecule has 0 unspecified atom stereocenters. The van der Waals surface area contributed by atoms with Gasteiger partial charge in [0.15, 0.2) is 11.4 Å². The van der Waals surface area contributed by atoms with Gasteiger partial charge in [0.1, 0.15) is 5.82 Å². The Kier molecular flexibility index (Phi) is 3.86. The lowest BCUT2D eigenvalue weighted by molar-refractivity contribution is -0.127. The number of aryl methyl sites for hydroxylation is 1. The van der Waals surface area contributed by atoms with E-state index in [0.29, 0.717) is 11.5 Å². The van der Waals surface area contributed by atoms with Crippen LogP contribution < -0.4 is 10.8 Å². The molecule has 7 nitrogen and oxygen atoms in total. The Morgan fingerprint density at radius 3 is 3.00 bits per heavy atom. The van der Waals surface area contributed by atoms with Crippen molar-refractivity contribution in [3.63, 3.8) is 0 Å². The van der Waals surface area contributed by atoms with Crippen LogP contribution in [0.5, 0.6) is 5.75 Å². The first kappa shape index (κ1) is 13.2. The maximum atomic E-state index is 11.0. The molecule has 0 aliphatic rings. The van der Waals surface area contributed by atoms with E-state index in [1.54, 1.807) is 22.0 Å². The molecular weight excluding hydrogens is 248 g/mol. The molecular formula is C12H16N4O3. The number of imidazole rings is 1. The van der Waals surface area contributed by atoms with Crippen molar-refractivity contribution >= 4 is 17.4 Å². The maximum Gasteiger partial charge on any atom is 0.262 e. The number of hydrogen-bond donors (Lipinski definition) is 4. The minimum atomic E-state index is -0.552. The molecule has 0 fully saturated rings. The molecule has 102 valence electrons. The average molecular weight is 264 g/mol. The zero-order chi connectivity index (χ0) is 13.8. The van der Waals surface area contributed by atoms with Crippen molar-refractivity contribution in [2.24, 2.45) is 0 Å². The number of aromatic hydroxyl groups is 1. The summed E-state index contributed by atoms with van der Waals surface area (Å²) in [5, 5.41) is 21.1. The molecule has 7 heteroatoms. The molecule has 19 heavy (non-hydrogen) atoms. The van der Waals surface area contributed by atoms with Gasteiger partial charge in [-0.2, -0.15) is 0 Å². The SMILES string of the molecule is CCCc1c(NCC(=O)NO)nc2c(O)cccn12. The summed E-state index contributed by atoms with van der Waals surface area (Å²) in [6, 6.07) is 3.29. The summed E-state index contributed by atoms with van der Waals surface area (Å²) in [6.45, 7) is 1.95. The highest BCUT2D eigenvalue weighted by Crippen LogP contribution is 2.24. The van der Waals surface area contributed by atoms with Crippen LogP contribution in [-0.4, -0.2) is 32.2 Å². The number of hydroxylamine groups is 1. The van der Waals surface area contributed by atoms with E-state index in [4.69, 9.17) is 5.21 Å². The van der Waals surface area contributed by atoms with E-state index in [2.05, 4.69) is 10.3 Å². The van der Waals surface area contributed by atoms with Crippen LogP contribution in [0, 0.1) is 0 Å². The molecule has 0 bridgehead atoms. The fraction of sp³-hybridized carbons (Fsp3) is 0.333. The van der Waals surface area contributed by atoms with Crippen molar-refractivity contribution in [3.05, 3.63) is 24.0 Å². The van der Waals surface area contributed by atoms with Gasteiger partial charge >= 0.3 is 0 Å². The Morgan fingerprint density at radius 2 is 2.32 bits per heavy atom. The normalized spacial score (nSPS) is 10.6. The highest BCUT2D eigenvalue weighted by molar-refractivity contribution is 5.79. The van der Waals surface area contributed by atoms with E-state index in [1.165, 1.54) is 0 Å². The minimum absolute atomic E-state index is 0.0829. The number of carbonyl (C=O) groups excluding carboxylic acids is 1.